The minimum atomic E-state index is -0.818. The van der Waals surface area contributed by atoms with Gasteiger partial charge in [-0.2, -0.15) is 0 Å². The van der Waals surface area contributed by atoms with Crippen LogP contribution in [0.5, 0.6) is 0 Å². The lowest BCUT2D eigenvalue weighted by Crippen LogP contribution is -2.44. The van der Waals surface area contributed by atoms with Gasteiger partial charge in [-0.25, -0.2) is 0 Å². The summed E-state index contributed by atoms with van der Waals surface area (Å²) in [7, 11) is 0. The fraction of sp³-hybridized carbons (Fsp3) is 0.739. The largest absolute Gasteiger partial charge is 0.389 e. The monoisotopic (exact) mass is 403 g/mol. The van der Waals surface area contributed by atoms with Gasteiger partial charge in [0, 0.05) is 38.6 Å². The zero-order valence-electron chi connectivity index (χ0n) is 17.9. The number of hydrogen-bond acceptors (Lipinski definition) is 5. The van der Waals surface area contributed by atoms with Gasteiger partial charge in [0.1, 0.15) is 0 Å². The molecule has 0 unspecified atom stereocenters. The van der Waals surface area contributed by atoms with Crippen molar-refractivity contribution in [2.75, 3.05) is 26.2 Å². The molecule has 1 aromatic rings. The van der Waals surface area contributed by atoms with Crippen molar-refractivity contribution in [1.82, 2.24) is 14.8 Å². The fourth-order valence-electron chi connectivity index (χ4n) is 4.81. The molecule has 3 rings (SSSR count). The van der Waals surface area contributed by atoms with E-state index in [2.05, 4.69) is 16.8 Å². The van der Waals surface area contributed by atoms with Crippen molar-refractivity contribution in [3.8, 4) is 0 Å². The Bertz CT molecular complexity index is 648. The number of nitrogens with zero attached hydrogens (tertiary/aromatic N) is 3. The van der Waals surface area contributed by atoms with E-state index in [-0.39, 0.29) is 12.3 Å². The number of likely N-dealkylation sites (tertiary alicyclic amines) is 1. The third-order valence-electron chi connectivity index (χ3n) is 6.66. The van der Waals surface area contributed by atoms with Crippen molar-refractivity contribution in [3.63, 3.8) is 0 Å². The summed E-state index contributed by atoms with van der Waals surface area (Å²) in [6.45, 7) is 5.61. The summed E-state index contributed by atoms with van der Waals surface area (Å²) in [5, 5.41) is 22.0. The molecule has 1 atom stereocenters. The van der Waals surface area contributed by atoms with E-state index in [4.69, 9.17) is 0 Å². The summed E-state index contributed by atoms with van der Waals surface area (Å²) in [4.78, 5) is 21.0. The molecule has 162 valence electrons. The lowest BCUT2D eigenvalue weighted by molar-refractivity contribution is -0.138. The Morgan fingerprint density at radius 2 is 1.72 bits per heavy atom. The highest BCUT2D eigenvalue weighted by Crippen LogP contribution is 2.32. The van der Waals surface area contributed by atoms with Gasteiger partial charge >= 0.3 is 0 Å². The summed E-state index contributed by atoms with van der Waals surface area (Å²) < 4.78 is 0. The molecule has 29 heavy (non-hydrogen) atoms. The van der Waals surface area contributed by atoms with E-state index in [1.807, 2.05) is 17.0 Å². The second-order valence-corrected chi connectivity index (χ2v) is 9.08. The second kappa shape index (κ2) is 10.0. The normalized spacial score (nSPS) is 25.0. The van der Waals surface area contributed by atoms with Gasteiger partial charge in [-0.05, 0) is 56.3 Å². The first kappa shape index (κ1) is 22.2. The highest BCUT2D eigenvalue weighted by Gasteiger charge is 2.36. The van der Waals surface area contributed by atoms with Crippen LogP contribution in [0.15, 0.2) is 24.5 Å². The van der Waals surface area contributed by atoms with E-state index < -0.39 is 11.2 Å². The predicted molar refractivity (Wildman–Crippen MR) is 113 cm³/mol. The maximum Gasteiger partial charge on any atom is 0.225 e. The summed E-state index contributed by atoms with van der Waals surface area (Å²) in [5.74, 6) is 0.0442. The van der Waals surface area contributed by atoms with Gasteiger partial charge in [0.05, 0.1) is 17.6 Å². The molecular weight excluding hydrogens is 366 g/mol. The Morgan fingerprint density at radius 1 is 1.03 bits per heavy atom. The molecule has 0 spiro atoms. The molecular formula is C23H37N3O3. The van der Waals surface area contributed by atoms with Crippen LogP contribution >= 0.6 is 0 Å². The van der Waals surface area contributed by atoms with E-state index in [1.54, 1.807) is 12.4 Å². The number of carbonyl (C=O) groups excluding carboxylic acids is 1. The maximum absolute atomic E-state index is 12.8. The molecule has 1 saturated carbocycles. The topological polar surface area (TPSA) is 76.9 Å². The Morgan fingerprint density at radius 3 is 2.41 bits per heavy atom. The molecule has 1 aliphatic heterocycles. The van der Waals surface area contributed by atoms with Crippen LogP contribution in [0.1, 0.15) is 70.3 Å². The van der Waals surface area contributed by atoms with Crippen molar-refractivity contribution in [2.24, 2.45) is 0 Å². The van der Waals surface area contributed by atoms with Gasteiger partial charge in [-0.1, -0.05) is 26.2 Å². The molecule has 6 nitrogen and oxygen atoms in total. The van der Waals surface area contributed by atoms with Gasteiger partial charge in [-0.15, -0.1) is 0 Å². The molecule has 0 aromatic carbocycles. The lowest BCUT2D eigenvalue weighted by Gasteiger charge is -2.34. The number of amides is 1. The van der Waals surface area contributed by atoms with E-state index in [1.165, 1.54) is 5.56 Å². The van der Waals surface area contributed by atoms with Crippen LogP contribution in [0.4, 0.5) is 0 Å². The molecule has 1 aromatic heterocycles. The summed E-state index contributed by atoms with van der Waals surface area (Å²) in [6, 6.07) is 4.02. The third-order valence-corrected chi connectivity index (χ3v) is 6.66. The molecule has 2 aliphatic rings. The number of rotatable bonds is 7. The Hall–Kier alpha value is -1.50. The molecule has 6 heteroatoms. The fourth-order valence-corrected chi connectivity index (χ4v) is 4.81. The first-order chi connectivity index (χ1) is 13.9. The number of pyridine rings is 1. The van der Waals surface area contributed by atoms with Crippen molar-refractivity contribution in [2.45, 2.75) is 82.5 Å². The van der Waals surface area contributed by atoms with Crippen LogP contribution in [0.3, 0.4) is 0 Å². The molecule has 1 saturated heterocycles. The molecule has 2 N–H and O–H groups in total. The zero-order chi connectivity index (χ0) is 20.7. The number of carbonyl (C=O) groups is 1. The number of hydrogen-bond donors (Lipinski definition) is 2. The zero-order valence-corrected chi connectivity index (χ0v) is 17.9. The van der Waals surface area contributed by atoms with Crippen LogP contribution in [0.2, 0.25) is 0 Å². The lowest BCUT2D eigenvalue weighted by atomic mass is 9.82. The van der Waals surface area contributed by atoms with Crippen LogP contribution in [-0.2, 0) is 11.3 Å². The average Bonchev–Trinajstić information content (AvgIpc) is 2.90. The minimum absolute atomic E-state index is 0.0442. The van der Waals surface area contributed by atoms with E-state index in [0.29, 0.717) is 32.5 Å². The van der Waals surface area contributed by atoms with Crippen LogP contribution in [0, 0.1) is 0 Å². The van der Waals surface area contributed by atoms with Crippen molar-refractivity contribution in [3.05, 3.63) is 30.1 Å². The Balaban J connectivity index is 1.54. The van der Waals surface area contributed by atoms with E-state index in [0.717, 1.165) is 51.6 Å². The number of aromatic nitrogens is 1. The number of likely N-dealkylation sites (N-methyl/N-ethyl adjacent to an activating group) is 1. The van der Waals surface area contributed by atoms with Gasteiger partial charge in [0.15, 0.2) is 0 Å². The van der Waals surface area contributed by atoms with Gasteiger partial charge in [-0.3, -0.25) is 14.7 Å². The Kier molecular flexibility index (Phi) is 7.66. The average molecular weight is 404 g/mol. The molecule has 1 amide bonds. The SMILES string of the molecule is CCN(Cc1ccncc1)C[C@]1(O)CCCN(C(=O)CC2(O)CCCCC2)CC1. The molecule has 2 fully saturated rings. The number of aliphatic hydroxyl groups is 2. The summed E-state index contributed by atoms with van der Waals surface area (Å²) >= 11 is 0. The summed E-state index contributed by atoms with van der Waals surface area (Å²) in [5.41, 5.74) is -0.405. The quantitative estimate of drug-likeness (QED) is 0.732. The van der Waals surface area contributed by atoms with Gasteiger partial charge in [0.2, 0.25) is 5.91 Å². The van der Waals surface area contributed by atoms with Crippen LogP contribution in [-0.4, -0.2) is 68.3 Å². The van der Waals surface area contributed by atoms with Crippen LogP contribution in [0.25, 0.3) is 0 Å². The Labute approximate surface area is 174 Å². The van der Waals surface area contributed by atoms with E-state index >= 15 is 0 Å². The minimum Gasteiger partial charge on any atom is -0.389 e. The maximum atomic E-state index is 12.8. The van der Waals surface area contributed by atoms with Crippen LogP contribution < -0.4 is 0 Å². The van der Waals surface area contributed by atoms with Crippen molar-refractivity contribution >= 4 is 5.91 Å². The summed E-state index contributed by atoms with van der Waals surface area (Å²) in [6.07, 6.45) is 10.6. The third kappa shape index (κ3) is 6.49. The standard InChI is InChI=1S/C23H37N3O3/c1-2-25(18-20-7-13-24-14-8-20)19-23(29)11-6-15-26(16-12-23)21(27)17-22(28)9-4-3-5-10-22/h7-8,13-14,28-29H,2-6,9-12,15-19H2,1H3/t23-/m0/s1. The first-order valence-electron chi connectivity index (χ1n) is 11.3. The molecule has 2 heterocycles. The van der Waals surface area contributed by atoms with Crippen molar-refractivity contribution in [1.29, 1.82) is 0 Å². The van der Waals surface area contributed by atoms with E-state index in [9.17, 15) is 15.0 Å². The van der Waals surface area contributed by atoms with Gasteiger partial charge in [0.25, 0.3) is 0 Å². The molecule has 0 radical (unpaired) electrons. The smallest absolute Gasteiger partial charge is 0.225 e. The molecule has 1 aliphatic carbocycles. The highest BCUT2D eigenvalue weighted by molar-refractivity contribution is 5.77. The van der Waals surface area contributed by atoms with Gasteiger partial charge < -0.3 is 15.1 Å². The predicted octanol–water partition coefficient (Wildman–Crippen LogP) is 2.73. The first-order valence-corrected chi connectivity index (χ1v) is 11.3. The second-order valence-electron chi connectivity index (χ2n) is 9.08. The van der Waals surface area contributed by atoms with Crippen molar-refractivity contribution < 1.29 is 15.0 Å². The highest BCUT2D eigenvalue weighted by atomic mass is 16.3. The molecule has 0 bridgehead atoms.